The Balaban J connectivity index is 1.90. The molecule has 25 heavy (non-hydrogen) atoms. The van der Waals surface area contributed by atoms with E-state index in [1.54, 1.807) is 10.4 Å². The molecule has 1 heteroatoms. The molecule has 0 unspecified atom stereocenters. The van der Waals surface area contributed by atoms with Crippen molar-refractivity contribution in [3.05, 3.63) is 93.8 Å². The van der Waals surface area contributed by atoms with Crippen LogP contribution in [0.1, 0.15) is 54.2 Å². The number of rotatable bonds is 3. The monoisotopic (exact) mass is 342 g/mol. The van der Waals surface area contributed by atoms with Gasteiger partial charge in [-0.25, -0.2) is 0 Å². The third-order valence-electron chi connectivity index (χ3n) is 5.85. The summed E-state index contributed by atoms with van der Waals surface area (Å²) < 4.78 is 0. The van der Waals surface area contributed by atoms with Gasteiger partial charge in [-0.2, -0.15) is 0 Å². The number of hydrogen-bond donors (Lipinski definition) is 0. The molecule has 2 aliphatic carbocycles. The van der Waals surface area contributed by atoms with E-state index in [1.807, 2.05) is 0 Å². The van der Waals surface area contributed by atoms with Gasteiger partial charge in [-0.3, -0.25) is 0 Å². The molecule has 0 atom stereocenters. The van der Waals surface area contributed by atoms with E-state index in [0.717, 1.165) is 0 Å². The fraction of sp³-hybridized carbons (Fsp3) is 0.250. The van der Waals surface area contributed by atoms with Crippen LogP contribution >= 0.6 is 0 Å². The molecule has 2 radical (unpaired) electrons. The Kier molecular flexibility index (Phi) is 4.08. The first kappa shape index (κ1) is 16.6. The van der Waals surface area contributed by atoms with Gasteiger partial charge < -0.3 is 0 Å². The molecule has 0 aromatic heterocycles. The van der Waals surface area contributed by atoms with E-state index in [4.69, 9.17) is 0 Å². The predicted octanol–water partition coefficient (Wildman–Crippen LogP) is 6.01. The summed E-state index contributed by atoms with van der Waals surface area (Å²) >= 11 is 0. The second kappa shape index (κ2) is 6.14. The van der Waals surface area contributed by atoms with Crippen LogP contribution in [0.25, 0.3) is 10.4 Å². The standard InChI is InChI=1S/C24H26Si/c1-6-25(23-17(4)13-19-11-7-9-15(2)21(19)23)24-18(5)14-20-12-8-10-16(3)22(20)24/h7-14,25H,6H2,1-5H3. The lowest BCUT2D eigenvalue weighted by molar-refractivity contribution is 1.38. The van der Waals surface area contributed by atoms with Gasteiger partial charge >= 0.3 is 0 Å². The minimum absolute atomic E-state index is 1.27. The van der Waals surface area contributed by atoms with Gasteiger partial charge in [0.2, 0.25) is 0 Å². The van der Waals surface area contributed by atoms with Crippen LogP contribution in [0, 0.1) is 26.7 Å². The molecule has 126 valence electrons. The lowest BCUT2D eigenvalue weighted by Gasteiger charge is -2.23. The largest absolute Gasteiger partial charge is 0.104 e. The summed E-state index contributed by atoms with van der Waals surface area (Å²) in [4.78, 5) is 0. The molecule has 0 amide bonds. The van der Waals surface area contributed by atoms with Crippen molar-refractivity contribution in [3.63, 3.8) is 0 Å². The zero-order valence-corrected chi connectivity index (χ0v) is 17.1. The first-order chi connectivity index (χ1) is 12.0. The van der Waals surface area contributed by atoms with Gasteiger partial charge in [0.15, 0.2) is 0 Å². The molecule has 0 bridgehead atoms. The average molecular weight is 343 g/mol. The van der Waals surface area contributed by atoms with Crippen molar-refractivity contribution in [2.45, 2.75) is 40.7 Å². The van der Waals surface area contributed by atoms with E-state index >= 15 is 0 Å². The maximum atomic E-state index is 2.40. The maximum absolute atomic E-state index is 2.40. The predicted molar refractivity (Wildman–Crippen MR) is 112 cm³/mol. The summed E-state index contributed by atoms with van der Waals surface area (Å²) in [6.07, 6.45) is 4.81. The molecule has 2 aromatic rings. The summed E-state index contributed by atoms with van der Waals surface area (Å²) in [7, 11) is -1.27. The van der Waals surface area contributed by atoms with Gasteiger partial charge in [-0.05, 0) is 61.1 Å². The first-order valence-electron chi connectivity index (χ1n) is 9.34. The average Bonchev–Trinajstić information content (AvgIpc) is 3.08. The van der Waals surface area contributed by atoms with Crippen LogP contribution < -0.4 is 0 Å². The van der Waals surface area contributed by atoms with E-state index in [2.05, 4.69) is 83.9 Å². The molecular weight excluding hydrogens is 316 g/mol. The van der Waals surface area contributed by atoms with Crippen molar-refractivity contribution < 1.29 is 0 Å². The summed E-state index contributed by atoms with van der Waals surface area (Å²) in [5, 5.41) is 3.35. The molecule has 0 saturated carbocycles. The third-order valence-corrected chi connectivity index (χ3v) is 9.55. The molecule has 0 saturated heterocycles. The van der Waals surface area contributed by atoms with Crippen LogP contribution in [0.3, 0.4) is 0 Å². The Bertz CT molecular complexity index is 852. The van der Waals surface area contributed by atoms with Crippen LogP contribution in [0.15, 0.2) is 47.5 Å². The van der Waals surface area contributed by atoms with Crippen molar-refractivity contribution in [2.75, 3.05) is 0 Å². The summed E-state index contributed by atoms with van der Waals surface area (Å²) in [6, 6.07) is 14.7. The lowest BCUT2D eigenvalue weighted by Crippen LogP contribution is -2.19. The van der Waals surface area contributed by atoms with E-state index < -0.39 is 8.80 Å². The minimum atomic E-state index is -1.27. The van der Waals surface area contributed by atoms with Gasteiger partial charge in [0.05, 0.1) is 0 Å². The fourth-order valence-electron chi connectivity index (χ4n) is 4.82. The van der Waals surface area contributed by atoms with E-state index in [-0.39, 0.29) is 0 Å². The molecule has 0 N–H and O–H groups in total. The SMILES string of the molecule is CC[SiH](C1=C(C)[CH]c2cccc(C)c21)C1=C(C)[CH]c2cccc(C)c21. The molecular formula is C24H26Si. The number of benzene rings is 2. The van der Waals surface area contributed by atoms with Crippen molar-refractivity contribution >= 4 is 19.2 Å². The number of aryl methyl sites for hydroxylation is 2. The van der Waals surface area contributed by atoms with E-state index in [0.29, 0.717) is 0 Å². The lowest BCUT2D eigenvalue weighted by atomic mass is 10.0. The topological polar surface area (TPSA) is 0 Å². The van der Waals surface area contributed by atoms with E-state index in [9.17, 15) is 0 Å². The quantitative estimate of drug-likeness (QED) is 0.599. The van der Waals surface area contributed by atoms with Crippen LogP contribution in [0.2, 0.25) is 6.04 Å². The zero-order chi connectivity index (χ0) is 17.7. The Morgan fingerprint density at radius 1 is 0.680 bits per heavy atom. The van der Waals surface area contributed by atoms with Crippen molar-refractivity contribution in [1.82, 2.24) is 0 Å². The van der Waals surface area contributed by atoms with Crippen LogP contribution in [0.5, 0.6) is 0 Å². The molecule has 2 aliphatic rings. The van der Waals surface area contributed by atoms with Crippen LogP contribution in [-0.2, 0) is 0 Å². The molecule has 2 aromatic carbocycles. The van der Waals surface area contributed by atoms with Gasteiger partial charge in [0, 0.05) is 12.8 Å². The van der Waals surface area contributed by atoms with Crippen molar-refractivity contribution in [1.29, 1.82) is 0 Å². The molecule has 0 spiro atoms. The first-order valence-corrected chi connectivity index (χ1v) is 11.3. The summed E-state index contributed by atoms with van der Waals surface area (Å²) in [5.74, 6) is 0. The van der Waals surface area contributed by atoms with Gasteiger partial charge in [0.25, 0.3) is 0 Å². The highest BCUT2D eigenvalue weighted by Crippen LogP contribution is 2.46. The molecule has 0 heterocycles. The van der Waals surface area contributed by atoms with Gasteiger partial charge in [-0.15, -0.1) is 0 Å². The molecule has 4 rings (SSSR count). The number of fused-ring (bicyclic) bond motifs is 2. The van der Waals surface area contributed by atoms with Crippen LogP contribution in [-0.4, -0.2) is 8.80 Å². The second-order valence-corrected chi connectivity index (χ2v) is 10.6. The maximum Gasteiger partial charge on any atom is 0.104 e. The second-order valence-electron chi connectivity index (χ2n) is 7.52. The van der Waals surface area contributed by atoms with Crippen molar-refractivity contribution in [3.8, 4) is 0 Å². The highest BCUT2D eigenvalue weighted by molar-refractivity contribution is 6.95. The fourth-order valence-corrected chi connectivity index (χ4v) is 8.68. The number of allylic oxidation sites excluding steroid dienone is 2. The zero-order valence-electron chi connectivity index (χ0n) is 15.9. The Morgan fingerprint density at radius 3 is 1.52 bits per heavy atom. The normalized spacial score (nSPS) is 16.1. The Morgan fingerprint density at radius 2 is 1.12 bits per heavy atom. The smallest absolute Gasteiger partial charge is 0.0674 e. The molecule has 0 aliphatic heterocycles. The highest BCUT2D eigenvalue weighted by Gasteiger charge is 2.34. The van der Waals surface area contributed by atoms with Crippen LogP contribution in [0.4, 0.5) is 0 Å². The summed E-state index contributed by atoms with van der Waals surface area (Å²) in [5.41, 5.74) is 11.7. The van der Waals surface area contributed by atoms with Gasteiger partial charge in [-0.1, -0.05) is 70.9 Å². The minimum Gasteiger partial charge on any atom is -0.0674 e. The van der Waals surface area contributed by atoms with Gasteiger partial charge in [0.1, 0.15) is 8.80 Å². The molecule has 0 fully saturated rings. The highest BCUT2D eigenvalue weighted by atomic mass is 28.3. The number of hydrogen-bond acceptors (Lipinski definition) is 0. The summed E-state index contributed by atoms with van der Waals surface area (Å²) in [6.45, 7) is 11.6. The third kappa shape index (κ3) is 2.48. The van der Waals surface area contributed by atoms with E-state index in [1.165, 1.54) is 50.6 Å². The Labute approximate surface area is 153 Å². The van der Waals surface area contributed by atoms with Crippen molar-refractivity contribution in [2.24, 2.45) is 0 Å². The Hall–Kier alpha value is -1.86. The molecule has 0 nitrogen and oxygen atoms in total.